The largest absolute Gasteiger partial charge is 0.356 e. The average Bonchev–Trinajstić information content (AvgIpc) is 3.13. The molecule has 2 aromatic heterocycles. The smallest absolute Gasteiger partial charge is 0.225 e. The second kappa shape index (κ2) is 5.93. The Labute approximate surface area is 148 Å². The summed E-state index contributed by atoms with van der Waals surface area (Å²) in [5, 5.41) is 0. The van der Waals surface area contributed by atoms with Crippen LogP contribution < -0.4 is 9.80 Å². The third-order valence-electron chi connectivity index (χ3n) is 6.06. The first-order valence-electron chi connectivity index (χ1n) is 9.37. The van der Waals surface area contributed by atoms with E-state index >= 15 is 0 Å². The van der Waals surface area contributed by atoms with Gasteiger partial charge in [-0.15, -0.1) is 0 Å². The van der Waals surface area contributed by atoms with E-state index in [1.807, 2.05) is 19.3 Å². The molecule has 6 nitrogen and oxygen atoms in total. The van der Waals surface area contributed by atoms with Crippen molar-refractivity contribution in [2.45, 2.75) is 32.1 Å². The van der Waals surface area contributed by atoms with E-state index in [4.69, 9.17) is 0 Å². The molecular formula is C19H24N6. The maximum Gasteiger partial charge on any atom is 0.225 e. The Morgan fingerprint density at radius 2 is 1.56 bits per heavy atom. The van der Waals surface area contributed by atoms with E-state index in [-0.39, 0.29) is 0 Å². The van der Waals surface area contributed by atoms with Gasteiger partial charge in [-0.2, -0.15) is 0 Å². The number of anilines is 2. The third-order valence-corrected chi connectivity index (χ3v) is 6.06. The predicted octanol–water partition coefficient (Wildman–Crippen LogP) is 2.42. The summed E-state index contributed by atoms with van der Waals surface area (Å²) in [6.07, 6.45) is 9.48. The zero-order valence-corrected chi connectivity index (χ0v) is 14.7. The van der Waals surface area contributed by atoms with Crippen LogP contribution in [0.4, 0.5) is 11.8 Å². The predicted molar refractivity (Wildman–Crippen MR) is 96.8 cm³/mol. The summed E-state index contributed by atoms with van der Waals surface area (Å²) in [5.74, 6) is 4.00. The minimum Gasteiger partial charge on any atom is -0.356 e. The van der Waals surface area contributed by atoms with Gasteiger partial charge in [0, 0.05) is 68.1 Å². The molecule has 2 saturated heterocycles. The Bertz CT molecular complexity index is 743. The Morgan fingerprint density at radius 1 is 0.880 bits per heavy atom. The van der Waals surface area contributed by atoms with Crippen molar-refractivity contribution in [3.8, 4) is 0 Å². The van der Waals surface area contributed by atoms with Crippen LogP contribution in [0.1, 0.15) is 36.4 Å². The normalized spacial score (nSPS) is 26.0. The summed E-state index contributed by atoms with van der Waals surface area (Å²) in [5.41, 5.74) is 2.35. The van der Waals surface area contributed by atoms with Crippen molar-refractivity contribution in [3.63, 3.8) is 0 Å². The fourth-order valence-electron chi connectivity index (χ4n) is 4.35. The maximum atomic E-state index is 4.55. The lowest BCUT2D eigenvalue weighted by Gasteiger charge is -2.26. The molecule has 0 radical (unpaired) electrons. The van der Waals surface area contributed by atoms with Gasteiger partial charge in [0.15, 0.2) is 0 Å². The third kappa shape index (κ3) is 2.73. The molecule has 130 valence electrons. The van der Waals surface area contributed by atoms with Crippen LogP contribution in [0.5, 0.6) is 0 Å². The Hall–Kier alpha value is -2.24. The standard InChI is InChI=1S/C19H24N6/c1-13-6-20-19(21-7-13)25-10-15-8-24(9-16(15)11-25)18-5-17(22-12-23-18)14-3-2-4-14/h5-7,12,14-16H,2-4,8-11H2,1H3. The molecule has 25 heavy (non-hydrogen) atoms. The van der Waals surface area contributed by atoms with E-state index in [2.05, 4.69) is 35.8 Å². The molecule has 4 heterocycles. The number of fused-ring (bicyclic) bond motifs is 1. The number of hydrogen-bond acceptors (Lipinski definition) is 6. The van der Waals surface area contributed by atoms with Crippen LogP contribution in [-0.2, 0) is 0 Å². The molecule has 2 aromatic rings. The highest BCUT2D eigenvalue weighted by atomic mass is 15.3. The van der Waals surface area contributed by atoms with Crippen molar-refractivity contribution >= 4 is 11.8 Å². The molecule has 2 unspecified atom stereocenters. The Balaban J connectivity index is 1.27. The van der Waals surface area contributed by atoms with E-state index in [9.17, 15) is 0 Å². The van der Waals surface area contributed by atoms with E-state index in [1.54, 1.807) is 6.33 Å². The fraction of sp³-hybridized carbons (Fsp3) is 0.579. The van der Waals surface area contributed by atoms with Crippen LogP contribution in [-0.4, -0.2) is 46.1 Å². The second-order valence-electron chi connectivity index (χ2n) is 7.82. The van der Waals surface area contributed by atoms with Crippen LogP contribution >= 0.6 is 0 Å². The molecule has 0 spiro atoms. The second-order valence-corrected chi connectivity index (χ2v) is 7.82. The van der Waals surface area contributed by atoms with E-state index in [0.717, 1.165) is 43.5 Å². The Morgan fingerprint density at radius 3 is 2.20 bits per heavy atom. The van der Waals surface area contributed by atoms with Crippen molar-refractivity contribution in [3.05, 3.63) is 36.0 Å². The van der Waals surface area contributed by atoms with E-state index in [1.165, 1.54) is 25.0 Å². The number of aromatic nitrogens is 4. The summed E-state index contributed by atoms with van der Waals surface area (Å²) in [7, 11) is 0. The summed E-state index contributed by atoms with van der Waals surface area (Å²) in [4.78, 5) is 22.8. The lowest BCUT2D eigenvalue weighted by Crippen LogP contribution is -2.30. The molecule has 6 heteroatoms. The first-order valence-corrected chi connectivity index (χ1v) is 9.37. The molecule has 1 aliphatic carbocycles. The number of aryl methyl sites for hydroxylation is 1. The van der Waals surface area contributed by atoms with Gasteiger partial charge in [-0.3, -0.25) is 0 Å². The monoisotopic (exact) mass is 336 g/mol. The minimum atomic E-state index is 0.665. The van der Waals surface area contributed by atoms with Gasteiger partial charge >= 0.3 is 0 Å². The topological polar surface area (TPSA) is 58.0 Å². The lowest BCUT2D eigenvalue weighted by atomic mass is 9.83. The summed E-state index contributed by atoms with van der Waals surface area (Å²) >= 11 is 0. The zero-order valence-electron chi connectivity index (χ0n) is 14.7. The minimum absolute atomic E-state index is 0.665. The van der Waals surface area contributed by atoms with E-state index in [0.29, 0.717) is 17.8 Å². The highest BCUT2D eigenvalue weighted by Gasteiger charge is 2.41. The van der Waals surface area contributed by atoms with Crippen LogP contribution in [0.2, 0.25) is 0 Å². The molecule has 5 rings (SSSR count). The number of rotatable bonds is 3. The summed E-state index contributed by atoms with van der Waals surface area (Å²) in [6, 6.07) is 2.23. The first kappa shape index (κ1) is 15.0. The van der Waals surface area contributed by atoms with Gasteiger partial charge in [0.1, 0.15) is 12.1 Å². The molecule has 0 amide bonds. The van der Waals surface area contributed by atoms with Crippen LogP contribution in [0.15, 0.2) is 24.8 Å². The average molecular weight is 336 g/mol. The van der Waals surface area contributed by atoms with Gasteiger partial charge in [0.25, 0.3) is 0 Å². The van der Waals surface area contributed by atoms with Crippen molar-refractivity contribution in [2.24, 2.45) is 11.8 Å². The maximum absolute atomic E-state index is 4.55. The molecule has 0 aromatic carbocycles. The molecule has 0 bridgehead atoms. The summed E-state index contributed by atoms with van der Waals surface area (Å²) in [6.45, 7) is 6.28. The van der Waals surface area contributed by atoms with Crippen molar-refractivity contribution in [2.75, 3.05) is 36.0 Å². The van der Waals surface area contributed by atoms with Gasteiger partial charge in [-0.25, -0.2) is 19.9 Å². The molecule has 1 saturated carbocycles. The molecule has 3 aliphatic rings. The fourth-order valence-corrected chi connectivity index (χ4v) is 4.35. The quantitative estimate of drug-likeness (QED) is 0.858. The van der Waals surface area contributed by atoms with Crippen molar-refractivity contribution in [1.82, 2.24) is 19.9 Å². The van der Waals surface area contributed by atoms with Crippen LogP contribution in [0, 0.1) is 18.8 Å². The zero-order chi connectivity index (χ0) is 16.8. The molecule has 2 atom stereocenters. The van der Waals surface area contributed by atoms with Gasteiger partial charge in [0.05, 0.1) is 0 Å². The Kier molecular flexibility index (Phi) is 3.57. The first-order chi connectivity index (χ1) is 12.3. The van der Waals surface area contributed by atoms with E-state index < -0.39 is 0 Å². The highest BCUT2D eigenvalue weighted by Crippen LogP contribution is 2.38. The molecule has 0 N–H and O–H groups in total. The van der Waals surface area contributed by atoms with Gasteiger partial charge in [-0.1, -0.05) is 6.42 Å². The van der Waals surface area contributed by atoms with Crippen LogP contribution in [0.25, 0.3) is 0 Å². The molecule has 3 fully saturated rings. The summed E-state index contributed by atoms with van der Waals surface area (Å²) < 4.78 is 0. The molecule has 2 aliphatic heterocycles. The van der Waals surface area contributed by atoms with Crippen molar-refractivity contribution in [1.29, 1.82) is 0 Å². The number of hydrogen-bond donors (Lipinski definition) is 0. The van der Waals surface area contributed by atoms with Gasteiger partial charge in [-0.05, 0) is 25.3 Å². The van der Waals surface area contributed by atoms with Gasteiger partial charge in [0.2, 0.25) is 5.95 Å². The number of nitrogens with zero attached hydrogens (tertiary/aromatic N) is 6. The van der Waals surface area contributed by atoms with Gasteiger partial charge < -0.3 is 9.80 Å². The highest BCUT2D eigenvalue weighted by molar-refractivity contribution is 5.44. The lowest BCUT2D eigenvalue weighted by molar-refractivity contribution is 0.410. The SMILES string of the molecule is Cc1cnc(N2CC3CN(c4cc(C5CCC5)ncn4)CC3C2)nc1. The van der Waals surface area contributed by atoms with Crippen molar-refractivity contribution < 1.29 is 0 Å². The molecular weight excluding hydrogens is 312 g/mol. The van der Waals surface area contributed by atoms with Crippen LogP contribution in [0.3, 0.4) is 0 Å².